The van der Waals surface area contributed by atoms with E-state index in [0.717, 1.165) is 5.56 Å². The number of carbonyl (C=O) groups excluding carboxylic acids is 1. The highest BCUT2D eigenvalue weighted by Gasteiger charge is 2.08. The molecular weight excluding hydrogens is 152 g/mol. The molecule has 0 aliphatic heterocycles. The molecule has 0 aromatic carbocycles. The average Bonchev–Trinajstić information content (AvgIpc) is 2.03. The Morgan fingerprint density at radius 2 is 2.25 bits per heavy atom. The van der Waals surface area contributed by atoms with Gasteiger partial charge in [0.15, 0.2) is 0 Å². The standard InChI is InChI=1S/C9H11N2O/c1-7-4-5-10-8(6-7)9(12)11(2)3/h4-6H,1H2,2-3H3. The third kappa shape index (κ3) is 1.81. The lowest BCUT2D eigenvalue weighted by Gasteiger charge is -2.08. The number of aromatic nitrogens is 1. The Hall–Kier alpha value is -1.38. The van der Waals surface area contributed by atoms with Crippen molar-refractivity contribution in [2.75, 3.05) is 14.1 Å². The predicted octanol–water partition coefficient (Wildman–Crippen LogP) is 0.966. The monoisotopic (exact) mass is 163 g/mol. The summed E-state index contributed by atoms with van der Waals surface area (Å²) in [6.07, 6.45) is 1.58. The first-order valence-electron chi connectivity index (χ1n) is 3.61. The molecule has 1 aromatic heterocycles. The van der Waals surface area contributed by atoms with Gasteiger partial charge in [-0.05, 0) is 24.6 Å². The summed E-state index contributed by atoms with van der Waals surface area (Å²) in [5.41, 5.74) is 1.24. The Morgan fingerprint density at radius 3 is 2.75 bits per heavy atom. The van der Waals surface area contributed by atoms with E-state index in [1.165, 1.54) is 4.90 Å². The van der Waals surface area contributed by atoms with E-state index in [4.69, 9.17) is 0 Å². The number of amides is 1. The molecule has 1 rings (SSSR count). The number of nitrogens with zero attached hydrogens (tertiary/aromatic N) is 2. The average molecular weight is 163 g/mol. The highest BCUT2D eigenvalue weighted by Crippen LogP contribution is 2.01. The molecule has 0 fully saturated rings. The fourth-order valence-electron chi connectivity index (χ4n) is 0.820. The summed E-state index contributed by atoms with van der Waals surface area (Å²) in [6, 6.07) is 3.43. The van der Waals surface area contributed by atoms with Gasteiger partial charge in [0, 0.05) is 20.3 Å². The largest absolute Gasteiger partial charge is 0.343 e. The van der Waals surface area contributed by atoms with Gasteiger partial charge in [-0.15, -0.1) is 0 Å². The third-order valence-electron chi connectivity index (χ3n) is 1.45. The SMILES string of the molecule is [CH2]c1ccnc(C(=O)N(C)C)c1. The summed E-state index contributed by atoms with van der Waals surface area (Å²) in [6.45, 7) is 3.71. The van der Waals surface area contributed by atoms with Crippen molar-refractivity contribution in [3.8, 4) is 0 Å². The molecule has 0 N–H and O–H groups in total. The van der Waals surface area contributed by atoms with Gasteiger partial charge in [-0.3, -0.25) is 9.78 Å². The smallest absolute Gasteiger partial charge is 0.271 e. The van der Waals surface area contributed by atoms with E-state index < -0.39 is 0 Å². The molecule has 0 bridgehead atoms. The highest BCUT2D eigenvalue weighted by molar-refractivity contribution is 5.92. The molecule has 63 valence electrons. The summed E-state index contributed by atoms with van der Waals surface area (Å²) in [7, 11) is 3.39. The fraction of sp³-hybridized carbons (Fsp3) is 0.222. The zero-order valence-electron chi connectivity index (χ0n) is 7.24. The molecule has 0 unspecified atom stereocenters. The van der Waals surface area contributed by atoms with Crippen LogP contribution in [0.1, 0.15) is 16.1 Å². The van der Waals surface area contributed by atoms with Crippen LogP contribution in [0.2, 0.25) is 0 Å². The molecule has 1 amide bonds. The van der Waals surface area contributed by atoms with Crippen LogP contribution >= 0.6 is 0 Å². The molecule has 12 heavy (non-hydrogen) atoms. The van der Waals surface area contributed by atoms with Crippen molar-refractivity contribution in [3.63, 3.8) is 0 Å². The van der Waals surface area contributed by atoms with Crippen LogP contribution < -0.4 is 0 Å². The van der Waals surface area contributed by atoms with Crippen LogP contribution in [0.25, 0.3) is 0 Å². The summed E-state index contributed by atoms with van der Waals surface area (Å²) in [5, 5.41) is 0. The second-order valence-electron chi connectivity index (χ2n) is 2.75. The van der Waals surface area contributed by atoms with Crippen molar-refractivity contribution in [2.24, 2.45) is 0 Å². The van der Waals surface area contributed by atoms with E-state index in [2.05, 4.69) is 11.9 Å². The van der Waals surface area contributed by atoms with Crippen molar-refractivity contribution in [3.05, 3.63) is 36.5 Å². The van der Waals surface area contributed by atoms with Crippen LogP contribution in [-0.4, -0.2) is 29.9 Å². The first-order valence-corrected chi connectivity index (χ1v) is 3.61. The third-order valence-corrected chi connectivity index (χ3v) is 1.45. The van der Waals surface area contributed by atoms with Gasteiger partial charge in [0.1, 0.15) is 5.69 Å². The van der Waals surface area contributed by atoms with Crippen molar-refractivity contribution in [1.82, 2.24) is 9.88 Å². The summed E-state index contributed by atoms with van der Waals surface area (Å²) >= 11 is 0. The van der Waals surface area contributed by atoms with Crippen molar-refractivity contribution in [1.29, 1.82) is 0 Å². The van der Waals surface area contributed by atoms with Crippen molar-refractivity contribution < 1.29 is 4.79 Å². The Bertz CT molecular complexity index is 294. The number of pyridine rings is 1. The molecule has 1 aromatic rings. The zero-order chi connectivity index (χ0) is 9.14. The summed E-state index contributed by atoms with van der Waals surface area (Å²) < 4.78 is 0. The van der Waals surface area contributed by atoms with Crippen LogP contribution in [0.4, 0.5) is 0 Å². The normalized spacial score (nSPS) is 9.58. The van der Waals surface area contributed by atoms with E-state index in [0.29, 0.717) is 5.69 Å². The lowest BCUT2D eigenvalue weighted by molar-refractivity contribution is 0.0822. The van der Waals surface area contributed by atoms with Gasteiger partial charge in [0.05, 0.1) is 0 Å². The Morgan fingerprint density at radius 1 is 1.58 bits per heavy atom. The summed E-state index contributed by atoms with van der Waals surface area (Å²) in [4.78, 5) is 16.7. The quantitative estimate of drug-likeness (QED) is 0.618. The van der Waals surface area contributed by atoms with Gasteiger partial charge in [0.25, 0.3) is 5.91 Å². The van der Waals surface area contributed by atoms with Crippen LogP contribution in [0.3, 0.4) is 0 Å². The zero-order valence-corrected chi connectivity index (χ0v) is 7.24. The molecule has 0 aliphatic rings. The maximum absolute atomic E-state index is 11.3. The first-order chi connectivity index (χ1) is 5.61. The fourth-order valence-corrected chi connectivity index (χ4v) is 0.820. The molecule has 1 heterocycles. The van der Waals surface area contributed by atoms with Crippen LogP contribution in [0.5, 0.6) is 0 Å². The Labute approximate surface area is 72.0 Å². The van der Waals surface area contributed by atoms with E-state index in [1.54, 1.807) is 32.4 Å². The van der Waals surface area contributed by atoms with E-state index in [9.17, 15) is 4.79 Å². The van der Waals surface area contributed by atoms with E-state index >= 15 is 0 Å². The van der Waals surface area contributed by atoms with Gasteiger partial charge in [0.2, 0.25) is 0 Å². The molecule has 3 heteroatoms. The molecule has 3 nitrogen and oxygen atoms in total. The number of hydrogen-bond donors (Lipinski definition) is 0. The molecule has 0 aliphatic carbocycles. The van der Waals surface area contributed by atoms with Crippen molar-refractivity contribution >= 4 is 5.91 Å². The second kappa shape index (κ2) is 3.34. The van der Waals surface area contributed by atoms with Crippen LogP contribution in [-0.2, 0) is 0 Å². The second-order valence-corrected chi connectivity index (χ2v) is 2.75. The summed E-state index contributed by atoms with van der Waals surface area (Å²) in [5.74, 6) is -0.0968. The minimum Gasteiger partial charge on any atom is -0.343 e. The van der Waals surface area contributed by atoms with Crippen molar-refractivity contribution in [2.45, 2.75) is 0 Å². The van der Waals surface area contributed by atoms with E-state index in [1.807, 2.05) is 0 Å². The molecule has 1 radical (unpaired) electrons. The number of carbonyl (C=O) groups is 1. The molecule has 0 spiro atoms. The molecule has 0 saturated heterocycles. The Kier molecular flexibility index (Phi) is 2.43. The number of rotatable bonds is 1. The lowest BCUT2D eigenvalue weighted by Crippen LogP contribution is -2.22. The first kappa shape index (κ1) is 8.71. The number of hydrogen-bond acceptors (Lipinski definition) is 2. The van der Waals surface area contributed by atoms with Gasteiger partial charge < -0.3 is 4.90 Å². The molecule has 0 saturated carbocycles. The Balaban J connectivity index is 2.96. The van der Waals surface area contributed by atoms with Crippen LogP contribution in [0, 0.1) is 6.92 Å². The maximum Gasteiger partial charge on any atom is 0.271 e. The van der Waals surface area contributed by atoms with Gasteiger partial charge in [-0.1, -0.05) is 0 Å². The molecular formula is C9H11N2O. The van der Waals surface area contributed by atoms with Gasteiger partial charge in [-0.2, -0.15) is 0 Å². The van der Waals surface area contributed by atoms with Crippen LogP contribution in [0.15, 0.2) is 18.3 Å². The minimum atomic E-state index is -0.0968. The lowest BCUT2D eigenvalue weighted by atomic mass is 10.2. The minimum absolute atomic E-state index is 0.0968. The molecule has 0 atom stereocenters. The van der Waals surface area contributed by atoms with Gasteiger partial charge in [-0.25, -0.2) is 0 Å². The van der Waals surface area contributed by atoms with E-state index in [-0.39, 0.29) is 5.91 Å². The highest BCUT2D eigenvalue weighted by atomic mass is 16.2. The maximum atomic E-state index is 11.3. The van der Waals surface area contributed by atoms with Gasteiger partial charge >= 0.3 is 0 Å². The topological polar surface area (TPSA) is 33.2 Å². The predicted molar refractivity (Wildman–Crippen MR) is 46.7 cm³/mol.